The molecule has 2 aromatic rings. The summed E-state index contributed by atoms with van der Waals surface area (Å²) in [5.74, 6) is 0.0572. The Morgan fingerprint density at radius 2 is 1.92 bits per heavy atom. The van der Waals surface area contributed by atoms with Gasteiger partial charge in [-0.3, -0.25) is 4.79 Å². The molecular weight excluding hydrogens is 366 g/mol. The van der Waals surface area contributed by atoms with Crippen LogP contribution >= 0.6 is 23.2 Å². The van der Waals surface area contributed by atoms with Gasteiger partial charge in [0.05, 0.1) is 16.7 Å². The van der Waals surface area contributed by atoms with Crippen LogP contribution in [0.5, 0.6) is 5.75 Å². The lowest BCUT2D eigenvalue weighted by Crippen LogP contribution is -2.86. The summed E-state index contributed by atoms with van der Waals surface area (Å²) in [5.41, 5.74) is 1.28. The van der Waals surface area contributed by atoms with Crippen molar-refractivity contribution in [3.63, 3.8) is 0 Å². The van der Waals surface area contributed by atoms with E-state index in [-0.39, 0.29) is 23.5 Å². The summed E-state index contributed by atoms with van der Waals surface area (Å²) < 4.78 is 19.0. The zero-order valence-corrected chi connectivity index (χ0v) is 15.5. The molecule has 0 aliphatic rings. The number of carbonyl (C=O) groups is 1. The quantitative estimate of drug-likeness (QED) is 0.712. The van der Waals surface area contributed by atoms with E-state index in [2.05, 4.69) is 5.32 Å². The lowest BCUT2D eigenvalue weighted by molar-refractivity contribution is -0.682. The van der Waals surface area contributed by atoms with E-state index in [0.717, 1.165) is 5.75 Å². The highest BCUT2D eigenvalue weighted by Gasteiger charge is 2.17. The van der Waals surface area contributed by atoms with Gasteiger partial charge >= 0.3 is 0 Å². The van der Waals surface area contributed by atoms with Crippen molar-refractivity contribution in [2.45, 2.75) is 19.9 Å². The summed E-state index contributed by atoms with van der Waals surface area (Å²) >= 11 is 11.8. The first-order valence-corrected chi connectivity index (χ1v) is 8.66. The molecule has 134 valence electrons. The van der Waals surface area contributed by atoms with Crippen LogP contribution in [0.3, 0.4) is 0 Å². The van der Waals surface area contributed by atoms with E-state index in [1.54, 1.807) is 29.6 Å². The third-order valence-electron chi connectivity index (χ3n) is 3.64. The molecule has 4 nitrogen and oxygen atoms in total. The predicted molar refractivity (Wildman–Crippen MR) is 97.9 cm³/mol. The van der Waals surface area contributed by atoms with Gasteiger partial charge in [0, 0.05) is 11.3 Å². The van der Waals surface area contributed by atoms with Crippen LogP contribution in [0.1, 0.15) is 25.5 Å². The topological polar surface area (TPSA) is 54.9 Å². The maximum atomic E-state index is 13.6. The Morgan fingerprint density at radius 3 is 2.56 bits per heavy atom. The van der Waals surface area contributed by atoms with Crippen LogP contribution in [-0.2, 0) is 4.79 Å². The SMILES string of the molecule is CCOc1ccc(NC(=O)C[NH2+][C@H](C)c2cc(F)c(Cl)cc2Cl)cc1. The van der Waals surface area contributed by atoms with Crippen LogP contribution in [-0.4, -0.2) is 19.1 Å². The predicted octanol–water partition coefficient (Wildman–Crippen LogP) is 3.79. The zero-order valence-electron chi connectivity index (χ0n) is 14.0. The number of nitrogens with one attached hydrogen (secondary N) is 1. The Hall–Kier alpha value is -1.82. The molecule has 2 aromatic carbocycles. The van der Waals surface area contributed by atoms with Gasteiger partial charge in [0.2, 0.25) is 0 Å². The molecule has 0 saturated heterocycles. The lowest BCUT2D eigenvalue weighted by Gasteiger charge is -2.13. The second-order valence-electron chi connectivity index (χ2n) is 5.52. The molecule has 0 saturated carbocycles. The van der Waals surface area contributed by atoms with E-state index in [4.69, 9.17) is 27.9 Å². The van der Waals surface area contributed by atoms with Crippen molar-refractivity contribution >= 4 is 34.8 Å². The van der Waals surface area contributed by atoms with Gasteiger partial charge in [-0.2, -0.15) is 0 Å². The minimum Gasteiger partial charge on any atom is -0.494 e. The molecule has 25 heavy (non-hydrogen) atoms. The first-order valence-electron chi connectivity index (χ1n) is 7.91. The van der Waals surface area contributed by atoms with Gasteiger partial charge < -0.3 is 15.4 Å². The molecule has 0 aromatic heterocycles. The van der Waals surface area contributed by atoms with E-state index in [0.29, 0.717) is 22.9 Å². The Morgan fingerprint density at radius 1 is 1.24 bits per heavy atom. The van der Waals surface area contributed by atoms with Crippen molar-refractivity contribution in [3.8, 4) is 5.75 Å². The molecule has 0 spiro atoms. The van der Waals surface area contributed by atoms with Gasteiger partial charge in [-0.1, -0.05) is 23.2 Å². The van der Waals surface area contributed by atoms with Gasteiger partial charge in [0.25, 0.3) is 5.91 Å². The molecule has 0 fully saturated rings. The van der Waals surface area contributed by atoms with E-state index >= 15 is 0 Å². The highest BCUT2D eigenvalue weighted by molar-refractivity contribution is 6.35. The van der Waals surface area contributed by atoms with Crippen LogP contribution in [0, 0.1) is 5.82 Å². The van der Waals surface area contributed by atoms with Gasteiger partial charge in [-0.05, 0) is 50.2 Å². The van der Waals surface area contributed by atoms with Crippen LogP contribution in [0.15, 0.2) is 36.4 Å². The molecule has 7 heteroatoms. The lowest BCUT2D eigenvalue weighted by atomic mass is 10.1. The first-order chi connectivity index (χ1) is 11.9. The number of hydrogen-bond donors (Lipinski definition) is 2. The number of halogens is 3. The second kappa shape index (κ2) is 9.04. The van der Waals surface area contributed by atoms with Crippen LogP contribution in [0.4, 0.5) is 10.1 Å². The standard InChI is InChI=1S/C18H19Cl2FN2O2/c1-3-25-13-6-4-12(5-7-13)23-18(24)10-22-11(2)14-8-17(21)16(20)9-15(14)19/h4-9,11,22H,3,10H2,1-2H3,(H,23,24)/p+1/t11-/m1/s1. The second-order valence-corrected chi connectivity index (χ2v) is 6.34. The molecule has 1 amide bonds. The molecule has 0 unspecified atom stereocenters. The smallest absolute Gasteiger partial charge is 0.279 e. The number of nitrogens with two attached hydrogens (primary N) is 1. The van der Waals surface area contributed by atoms with Crippen molar-refractivity contribution < 1.29 is 19.2 Å². The van der Waals surface area contributed by atoms with Crippen molar-refractivity contribution in [1.82, 2.24) is 0 Å². The number of carbonyl (C=O) groups excluding carboxylic acids is 1. The highest BCUT2D eigenvalue weighted by atomic mass is 35.5. The molecular formula is C18H20Cl2FN2O2+. The number of hydrogen-bond acceptors (Lipinski definition) is 2. The minimum absolute atomic E-state index is 0.0193. The summed E-state index contributed by atoms with van der Waals surface area (Å²) in [6.45, 7) is 4.52. The average molecular weight is 386 g/mol. The van der Waals surface area contributed by atoms with Gasteiger partial charge in [-0.15, -0.1) is 0 Å². The third-order valence-corrected chi connectivity index (χ3v) is 4.25. The zero-order chi connectivity index (χ0) is 18.4. The molecule has 2 rings (SSSR count). The van der Waals surface area contributed by atoms with Crippen LogP contribution < -0.4 is 15.4 Å². The number of quaternary nitrogens is 1. The molecule has 0 aliphatic carbocycles. The van der Waals surface area contributed by atoms with E-state index in [9.17, 15) is 9.18 Å². The number of ether oxygens (including phenoxy) is 1. The number of anilines is 1. The maximum absolute atomic E-state index is 13.6. The minimum atomic E-state index is -0.528. The van der Waals surface area contributed by atoms with Crippen molar-refractivity contribution in [2.75, 3.05) is 18.5 Å². The Balaban J connectivity index is 1.90. The fourth-order valence-electron chi connectivity index (χ4n) is 2.31. The highest BCUT2D eigenvalue weighted by Crippen LogP contribution is 2.27. The van der Waals surface area contributed by atoms with Gasteiger partial charge in [0.15, 0.2) is 6.54 Å². The fourth-order valence-corrected chi connectivity index (χ4v) is 2.87. The monoisotopic (exact) mass is 385 g/mol. The summed E-state index contributed by atoms with van der Waals surface area (Å²) in [6, 6.07) is 9.62. The largest absolute Gasteiger partial charge is 0.494 e. The van der Waals surface area contributed by atoms with Crippen molar-refractivity contribution in [3.05, 3.63) is 57.8 Å². The fraction of sp³-hybridized carbons (Fsp3) is 0.278. The summed E-state index contributed by atoms with van der Waals surface area (Å²) in [5, 5.41) is 4.93. The Labute approximate surface area is 156 Å². The van der Waals surface area contributed by atoms with Crippen LogP contribution in [0.2, 0.25) is 10.0 Å². The van der Waals surface area contributed by atoms with E-state index < -0.39 is 5.82 Å². The van der Waals surface area contributed by atoms with Gasteiger partial charge in [0.1, 0.15) is 17.6 Å². The molecule has 0 radical (unpaired) electrons. The van der Waals surface area contributed by atoms with Crippen molar-refractivity contribution in [2.24, 2.45) is 0 Å². The molecule has 1 atom stereocenters. The normalized spacial score (nSPS) is 11.9. The summed E-state index contributed by atoms with van der Waals surface area (Å²) in [4.78, 5) is 12.1. The van der Waals surface area contributed by atoms with E-state index in [1.807, 2.05) is 13.8 Å². The molecule has 3 N–H and O–H groups in total. The molecule has 0 heterocycles. The Kier molecular flexibility index (Phi) is 7.05. The van der Waals surface area contributed by atoms with Crippen molar-refractivity contribution in [1.29, 1.82) is 0 Å². The number of rotatable bonds is 7. The third kappa shape index (κ3) is 5.59. The summed E-state index contributed by atoms with van der Waals surface area (Å²) in [7, 11) is 0. The Bertz CT molecular complexity index is 739. The number of benzene rings is 2. The number of amides is 1. The van der Waals surface area contributed by atoms with Crippen LogP contribution in [0.25, 0.3) is 0 Å². The molecule has 0 bridgehead atoms. The maximum Gasteiger partial charge on any atom is 0.279 e. The van der Waals surface area contributed by atoms with E-state index in [1.165, 1.54) is 12.1 Å². The average Bonchev–Trinajstić information content (AvgIpc) is 2.58. The first kappa shape index (κ1) is 19.5. The summed E-state index contributed by atoms with van der Waals surface area (Å²) in [6.07, 6.45) is 0. The van der Waals surface area contributed by atoms with Gasteiger partial charge in [-0.25, -0.2) is 4.39 Å². The molecule has 0 aliphatic heterocycles.